The Kier molecular flexibility index (Phi) is 2.77. The first-order valence-electron chi connectivity index (χ1n) is 4.88. The van der Waals surface area contributed by atoms with Crippen molar-refractivity contribution in [3.63, 3.8) is 0 Å². The van der Waals surface area contributed by atoms with Gasteiger partial charge in [-0.25, -0.2) is 4.39 Å². The van der Waals surface area contributed by atoms with Crippen LogP contribution in [0.1, 0.15) is 11.1 Å². The predicted octanol–water partition coefficient (Wildman–Crippen LogP) is 3.53. The molecule has 1 aromatic heterocycles. The molecule has 0 amide bonds. The first kappa shape index (κ1) is 9.84. The largest absolute Gasteiger partial charge is 0.256 e. The highest BCUT2D eigenvalue weighted by Crippen LogP contribution is 2.22. The van der Waals surface area contributed by atoms with Crippen LogP contribution in [0.3, 0.4) is 0 Å². The Morgan fingerprint density at radius 3 is 2.60 bits per heavy atom. The molecule has 0 saturated heterocycles. The van der Waals surface area contributed by atoms with Gasteiger partial charge in [-0.2, -0.15) is 0 Å². The molecule has 2 aromatic rings. The molecule has 2 heteroatoms. The van der Waals surface area contributed by atoms with Crippen LogP contribution >= 0.6 is 0 Å². The van der Waals surface area contributed by atoms with Crippen molar-refractivity contribution in [2.75, 3.05) is 0 Å². The Balaban J connectivity index is 2.49. The summed E-state index contributed by atoms with van der Waals surface area (Å²) in [6.45, 7) is 1.53. The van der Waals surface area contributed by atoms with Gasteiger partial charge < -0.3 is 0 Å². The van der Waals surface area contributed by atoms with Gasteiger partial charge >= 0.3 is 0 Å². The zero-order chi connectivity index (χ0) is 10.7. The molecule has 0 fully saturated rings. The van der Waals surface area contributed by atoms with E-state index in [1.165, 1.54) is 0 Å². The summed E-state index contributed by atoms with van der Waals surface area (Å²) in [5.74, 6) is 0. The second-order valence-electron chi connectivity index (χ2n) is 3.51. The summed E-state index contributed by atoms with van der Waals surface area (Å²) in [5, 5.41) is 0. The smallest absolute Gasteiger partial charge is 0.115 e. The maximum absolute atomic E-state index is 12.7. The summed E-state index contributed by atoms with van der Waals surface area (Å²) in [5.41, 5.74) is 3.50. The average molecular weight is 201 g/mol. The minimum absolute atomic E-state index is 0.453. The summed E-state index contributed by atoms with van der Waals surface area (Å²) < 4.78 is 12.7. The van der Waals surface area contributed by atoms with E-state index in [0.717, 1.165) is 16.8 Å². The van der Waals surface area contributed by atoms with Crippen molar-refractivity contribution in [3.05, 3.63) is 53.7 Å². The van der Waals surface area contributed by atoms with E-state index in [-0.39, 0.29) is 0 Å². The Hall–Kier alpha value is -1.70. The second-order valence-corrected chi connectivity index (χ2v) is 3.51. The van der Waals surface area contributed by atoms with Crippen LogP contribution < -0.4 is 0 Å². The van der Waals surface area contributed by atoms with Crippen molar-refractivity contribution in [2.24, 2.45) is 0 Å². The average Bonchev–Trinajstić information content (AvgIpc) is 2.30. The number of aromatic nitrogens is 1. The van der Waals surface area contributed by atoms with Crippen molar-refractivity contribution in [2.45, 2.75) is 13.6 Å². The summed E-state index contributed by atoms with van der Waals surface area (Å²) in [4.78, 5) is 4.29. The molecule has 1 heterocycles. The fourth-order valence-corrected chi connectivity index (χ4v) is 1.51. The highest BCUT2D eigenvalue weighted by Gasteiger charge is 2.04. The Bertz CT molecular complexity index is 448. The molecule has 0 radical (unpaired) electrons. The number of hydrogen-bond acceptors (Lipinski definition) is 1. The van der Waals surface area contributed by atoms with Gasteiger partial charge in [-0.15, -0.1) is 0 Å². The standard InChI is InChI=1S/C13H12FN/c1-10-6-7-13(15-9-10)12-5-3-2-4-11(12)8-14/h2-7,9H,8H2,1H3. The maximum Gasteiger partial charge on any atom is 0.115 e. The van der Waals surface area contributed by atoms with Gasteiger partial charge in [-0.1, -0.05) is 30.3 Å². The van der Waals surface area contributed by atoms with Crippen LogP contribution in [0.5, 0.6) is 0 Å². The van der Waals surface area contributed by atoms with E-state index in [0.29, 0.717) is 5.56 Å². The van der Waals surface area contributed by atoms with Gasteiger partial charge in [-0.3, -0.25) is 4.98 Å². The summed E-state index contributed by atoms with van der Waals surface area (Å²) in [6.07, 6.45) is 1.80. The number of pyridine rings is 1. The topological polar surface area (TPSA) is 12.9 Å². The van der Waals surface area contributed by atoms with Gasteiger partial charge in [0.05, 0.1) is 5.69 Å². The molecular formula is C13H12FN. The quantitative estimate of drug-likeness (QED) is 0.724. The Morgan fingerprint density at radius 2 is 1.93 bits per heavy atom. The minimum atomic E-state index is -0.453. The monoisotopic (exact) mass is 201 g/mol. The van der Waals surface area contributed by atoms with E-state index in [1.54, 1.807) is 12.3 Å². The molecule has 0 spiro atoms. The highest BCUT2D eigenvalue weighted by molar-refractivity contribution is 5.63. The minimum Gasteiger partial charge on any atom is -0.256 e. The third-order valence-corrected chi connectivity index (χ3v) is 2.35. The van der Waals surface area contributed by atoms with E-state index in [1.807, 2.05) is 37.3 Å². The van der Waals surface area contributed by atoms with Crippen LogP contribution in [0, 0.1) is 6.92 Å². The molecule has 2 rings (SSSR count). The SMILES string of the molecule is Cc1ccc(-c2ccccc2CF)nc1. The molecule has 0 aliphatic heterocycles. The second kappa shape index (κ2) is 4.22. The summed E-state index contributed by atoms with van der Waals surface area (Å²) >= 11 is 0. The third kappa shape index (κ3) is 2.04. The van der Waals surface area contributed by atoms with Crippen molar-refractivity contribution in [3.8, 4) is 11.3 Å². The van der Waals surface area contributed by atoms with Gasteiger partial charge in [0, 0.05) is 11.8 Å². The van der Waals surface area contributed by atoms with Gasteiger partial charge in [-0.05, 0) is 24.1 Å². The highest BCUT2D eigenvalue weighted by atomic mass is 19.1. The van der Waals surface area contributed by atoms with Crippen LogP contribution in [0.4, 0.5) is 4.39 Å². The number of rotatable bonds is 2. The lowest BCUT2D eigenvalue weighted by molar-refractivity contribution is 0.486. The summed E-state index contributed by atoms with van der Waals surface area (Å²) in [7, 11) is 0. The molecule has 76 valence electrons. The van der Waals surface area contributed by atoms with Gasteiger partial charge in [0.15, 0.2) is 0 Å². The molecule has 15 heavy (non-hydrogen) atoms. The fraction of sp³-hybridized carbons (Fsp3) is 0.154. The number of alkyl halides is 1. The lowest BCUT2D eigenvalue weighted by Gasteiger charge is -2.05. The predicted molar refractivity (Wildman–Crippen MR) is 59.2 cm³/mol. The van der Waals surface area contributed by atoms with Crippen molar-refractivity contribution >= 4 is 0 Å². The molecule has 1 aromatic carbocycles. The number of hydrogen-bond donors (Lipinski definition) is 0. The molecule has 0 aliphatic carbocycles. The first-order chi connectivity index (χ1) is 7.31. The maximum atomic E-state index is 12.7. The van der Waals surface area contributed by atoms with Crippen LogP contribution in [0.15, 0.2) is 42.6 Å². The van der Waals surface area contributed by atoms with Crippen LogP contribution in [-0.4, -0.2) is 4.98 Å². The van der Waals surface area contributed by atoms with Crippen LogP contribution in [0.25, 0.3) is 11.3 Å². The van der Waals surface area contributed by atoms with Crippen LogP contribution in [0.2, 0.25) is 0 Å². The van der Waals surface area contributed by atoms with Crippen molar-refractivity contribution < 1.29 is 4.39 Å². The number of nitrogens with zero attached hydrogens (tertiary/aromatic N) is 1. The summed E-state index contributed by atoms with van der Waals surface area (Å²) in [6, 6.07) is 11.3. The van der Waals surface area contributed by atoms with Gasteiger partial charge in [0.25, 0.3) is 0 Å². The molecule has 0 aliphatic rings. The molecular weight excluding hydrogens is 189 g/mol. The lowest BCUT2D eigenvalue weighted by Crippen LogP contribution is -1.89. The van der Waals surface area contributed by atoms with Gasteiger partial charge in [0.1, 0.15) is 6.67 Å². The normalized spacial score (nSPS) is 10.3. The van der Waals surface area contributed by atoms with Crippen molar-refractivity contribution in [1.29, 1.82) is 0 Å². The van der Waals surface area contributed by atoms with Crippen molar-refractivity contribution in [1.82, 2.24) is 4.98 Å². The number of halogens is 1. The number of aryl methyl sites for hydroxylation is 1. The molecule has 0 unspecified atom stereocenters. The lowest BCUT2D eigenvalue weighted by atomic mass is 10.0. The van der Waals surface area contributed by atoms with E-state index in [2.05, 4.69) is 4.98 Å². The molecule has 0 saturated carbocycles. The van der Waals surface area contributed by atoms with E-state index in [9.17, 15) is 4.39 Å². The van der Waals surface area contributed by atoms with E-state index >= 15 is 0 Å². The zero-order valence-electron chi connectivity index (χ0n) is 8.57. The Labute approximate surface area is 88.6 Å². The molecule has 0 bridgehead atoms. The molecule has 0 atom stereocenters. The zero-order valence-corrected chi connectivity index (χ0v) is 8.57. The Morgan fingerprint density at radius 1 is 1.13 bits per heavy atom. The van der Waals surface area contributed by atoms with Crippen LogP contribution in [-0.2, 0) is 6.67 Å². The van der Waals surface area contributed by atoms with E-state index < -0.39 is 6.67 Å². The third-order valence-electron chi connectivity index (χ3n) is 2.35. The fourth-order valence-electron chi connectivity index (χ4n) is 1.51. The molecule has 1 nitrogen and oxygen atoms in total. The molecule has 0 N–H and O–H groups in total. The van der Waals surface area contributed by atoms with E-state index in [4.69, 9.17) is 0 Å². The number of benzene rings is 1. The first-order valence-corrected chi connectivity index (χ1v) is 4.88. The van der Waals surface area contributed by atoms with Gasteiger partial charge in [0.2, 0.25) is 0 Å².